The van der Waals surface area contributed by atoms with Gasteiger partial charge in [0.25, 0.3) is 0 Å². The minimum absolute atomic E-state index is 0.251. The van der Waals surface area contributed by atoms with E-state index in [-0.39, 0.29) is 5.92 Å². The first-order valence-electron chi connectivity index (χ1n) is 6.57. The minimum atomic E-state index is 0.251. The molecule has 0 saturated carbocycles. The van der Waals surface area contributed by atoms with Crippen LogP contribution in [0.25, 0.3) is 0 Å². The van der Waals surface area contributed by atoms with Crippen LogP contribution < -0.4 is 0 Å². The smallest absolute Gasteiger partial charge is 0.136 e. The zero-order valence-electron chi connectivity index (χ0n) is 10.7. The van der Waals surface area contributed by atoms with Crippen LogP contribution in [0, 0.1) is 5.92 Å². The summed E-state index contributed by atoms with van der Waals surface area (Å²) in [5.74, 6) is 0.681. The fourth-order valence-corrected chi connectivity index (χ4v) is 2.01. The van der Waals surface area contributed by atoms with Gasteiger partial charge < -0.3 is 4.74 Å². The molecule has 3 nitrogen and oxygen atoms in total. The molecule has 1 unspecified atom stereocenters. The Labute approximate surface area is 99.1 Å². The van der Waals surface area contributed by atoms with Crippen molar-refractivity contribution in [3.05, 3.63) is 0 Å². The standard InChI is InChI=1S/C13H25NO2/c1-3-4-5-12(2)13(15)6-7-14-8-10-16-11-9-14/h12H,3-11H2,1-2H3. The third kappa shape index (κ3) is 5.08. The van der Waals surface area contributed by atoms with Crippen LogP contribution in [-0.2, 0) is 9.53 Å². The van der Waals surface area contributed by atoms with E-state index in [1.807, 2.05) is 0 Å². The van der Waals surface area contributed by atoms with E-state index in [0.717, 1.165) is 39.3 Å². The normalized spacial score (nSPS) is 19.6. The molecule has 1 rings (SSSR count). The van der Waals surface area contributed by atoms with Crippen LogP contribution in [0.1, 0.15) is 39.5 Å². The molecule has 0 bridgehead atoms. The summed E-state index contributed by atoms with van der Waals surface area (Å²) in [5.41, 5.74) is 0. The SMILES string of the molecule is CCCCC(C)C(=O)CCN1CCOCC1. The van der Waals surface area contributed by atoms with Crippen molar-refractivity contribution in [3.63, 3.8) is 0 Å². The van der Waals surface area contributed by atoms with Crippen molar-refractivity contribution >= 4 is 5.78 Å². The maximum atomic E-state index is 11.8. The van der Waals surface area contributed by atoms with Crippen LogP contribution in [-0.4, -0.2) is 43.5 Å². The quantitative estimate of drug-likeness (QED) is 0.667. The largest absolute Gasteiger partial charge is 0.379 e. The van der Waals surface area contributed by atoms with Crippen molar-refractivity contribution in [2.75, 3.05) is 32.8 Å². The van der Waals surface area contributed by atoms with Crippen LogP contribution in [0.2, 0.25) is 0 Å². The van der Waals surface area contributed by atoms with E-state index >= 15 is 0 Å². The van der Waals surface area contributed by atoms with Crippen LogP contribution >= 0.6 is 0 Å². The number of Topliss-reactive ketones (excluding diaryl/α,β-unsaturated/α-hetero) is 1. The maximum Gasteiger partial charge on any atom is 0.136 e. The number of nitrogens with zero attached hydrogens (tertiary/aromatic N) is 1. The number of ether oxygens (including phenoxy) is 1. The van der Waals surface area contributed by atoms with Gasteiger partial charge in [0.1, 0.15) is 5.78 Å². The van der Waals surface area contributed by atoms with E-state index in [9.17, 15) is 4.79 Å². The summed E-state index contributed by atoms with van der Waals surface area (Å²) in [5, 5.41) is 0. The maximum absolute atomic E-state index is 11.8. The number of ketones is 1. The number of unbranched alkanes of at least 4 members (excludes halogenated alkanes) is 1. The second kappa shape index (κ2) is 7.80. The lowest BCUT2D eigenvalue weighted by atomic mass is 9.97. The molecule has 16 heavy (non-hydrogen) atoms. The molecule has 0 spiro atoms. The first kappa shape index (κ1) is 13.7. The van der Waals surface area contributed by atoms with Crippen LogP contribution in [0.15, 0.2) is 0 Å². The molecule has 1 heterocycles. The Morgan fingerprint density at radius 3 is 2.69 bits per heavy atom. The lowest BCUT2D eigenvalue weighted by Gasteiger charge is -2.26. The molecule has 0 aliphatic carbocycles. The second-order valence-corrected chi connectivity index (χ2v) is 4.71. The lowest BCUT2D eigenvalue weighted by molar-refractivity contribution is -0.123. The van der Waals surface area contributed by atoms with Gasteiger partial charge in [-0.2, -0.15) is 0 Å². The van der Waals surface area contributed by atoms with Gasteiger partial charge in [0.2, 0.25) is 0 Å². The fraction of sp³-hybridized carbons (Fsp3) is 0.923. The van der Waals surface area contributed by atoms with Crippen molar-refractivity contribution in [2.24, 2.45) is 5.92 Å². The number of carbonyl (C=O) groups excluding carboxylic acids is 1. The van der Waals surface area contributed by atoms with Gasteiger partial charge in [-0.15, -0.1) is 0 Å². The molecule has 0 amide bonds. The second-order valence-electron chi connectivity index (χ2n) is 4.71. The zero-order valence-corrected chi connectivity index (χ0v) is 10.7. The highest BCUT2D eigenvalue weighted by atomic mass is 16.5. The Morgan fingerprint density at radius 2 is 2.06 bits per heavy atom. The molecular weight excluding hydrogens is 202 g/mol. The highest BCUT2D eigenvalue weighted by Crippen LogP contribution is 2.11. The molecule has 1 aliphatic heterocycles. The van der Waals surface area contributed by atoms with Gasteiger partial charge in [-0.25, -0.2) is 0 Å². The van der Waals surface area contributed by atoms with Gasteiger partial charge in [0.05, 0.1) is 13.2 Å². The monoisotopic (exact) mass is 227 g/mol. The minimum Gasteiger partial charge on any atom is -0.379 e. The van der Waals surface area contributed by atoms with Gasteiger partial charge in [0.15, 0.2) is 0 Å². The first-order chi connectivity index (χ1) is 7.74. The van der Waals surface area contributed by atoms with E-state index in [0.29, 0.717) is 12.2 Å². The highest BCUT2D eigenvalue weighted by Gasteiger charge is 2.15. The Morgan fingerprint density at radius 1 is 1.38 bits per heavy atom. The van der Waals surface area contributed by atoms with Crippen molar-refractivity contribution in [1.82, 2.24) is 4.90 Å². The van der Waals surface area contributed by atoms with Gasteiger partial charge in [-0.05, 0) is 6.42 Å². The Bertz CT molecular complexity index is 200. The third-order valence-electron chi connectivity index (χ3n) is 3.32. The van der Waals surface area contributed by atoms with Crippen LogP contribution in [0.3, 0.4) is 0 Å². The predicted octanol–water partition coefficient (Wildman–Crippen LogP) is 2.10. The van der Waals surface area contributed by atoms with Crippen molar-refractivity contribution in [2.45, 2.75) is 39.5 Å². The number of morpholine rings is 1. The third-order valence-corrected chi connectivity index (χ3v) is 3.32. The summed E-state index contributed by atoms with van der Waals surface area (Å²) in [4.78, 5) is 14.2. The first-order valence-corrected chi connectivity index (χ1v) is 6.57. The molecule has 0 aromatic carbocycles. The van der Waals surface area contributed by atoms with Crippen molar-refractivity contribution in [1.29, 1.82) is 0 Å². The Kier molecular flexibility index (Phi) is 6.65. The molecule has 1 atom stereocenters. The summed E-state index contributed by atoms with van der Waals surface area (Å²) in [6.07, 6.45) is 4.12. The highest BCUT2D eigenvalue weighted by molar-refractivity contribution is 5.80. The molecule has 3 heteroatoms. The zero-order chi connectivity index (χ0) is 11.8. The number of hydrogen-bond donors (Lipinski definition) is 0. The molecule has 1 fully saturated rings. The molecule has 0 aromatic rings. The van der Waals surface area contributed by atoms with E-state index in [4.69, 9.17) is 4.74 Å². The summed E-state index contributed by atoms with van der Waals surface area (Å²) < 4.78 is 5.28. The fourth-order valence-electron chi connectivity index (χ4n) is 2.01. The number of rotatable bonds is 7. The van der Waals surface area contributed by atoms with Gasteiger partial charge in [-0.3, -0.25) is 9.69 Å². The number of hydrogen-bond acceptors (Lipinski definition) is 3. The molecule has 94 valence electrons. The summed E-state index contributed by atoms with van der Waals surface area (Å²) >= 11 is 0. The summed E-state index contributed by atoms with van der Waals surface area (Å²) in [7, 11) is 0. The topological polar surface area (TPSA) is 29.5 Å². The predicted molar refractivity (Wildman–Crippen MR) is 65.6 cm³/mol. The van der Waals surface area contributed by atoms with Gasteiger partial charge >= 0.3 is 0 Å². The molecule has 1 aliphatic rings. The molecule has 1 saturated heterocycles. The summed E-state index contributed by atoms with van der Waals surface area (Å²) in [6, 6.07) is 0. The average molecular weight is 227 g/mol. The Hall–Kier alpha value is -0.410. The summed E-state index contributed by atoms with van der Waals surface area (Å²) in [6.45, 7) is 8.76. The Balaban J connectivity index is 2.12. The van der Waals surface area contributed by atoms with Crippen molar-refractivity contribution in [3.8, 4) is 0 Å². The van der Waals surface area contributed by atoms with Crippen molar-refractivity contribution < 1.29 is 9.53 Å². The van der Waals surface area contributed by atoms with E-state index in [1.165, 1.54) is 12.8 Å². The molecule has 0 aromatic heterocycles. The molecular formula is C13H25NO2. The van der Waals surface area contributed by atoms with Crippen LogP contribution in [0.4, 0.5) is 0 Å². The average Bonchev–Trinajstić information content (AvgIpc) is 2.34. The van der Waals surface area contributed by atoms with Crippen LogP contribution in [0.5, 0.6) is 0 Å². The number of carbonyl (C=O) groups is 1. The lowest BCUT2D eigenvalue weighted by Crippen LogP contribution is -2.37. The van der Waals surface area contributed by atoms with E-state index in [2.05, 4.69) is 18.7 Å². The van der Waals surface area contributed by atoms with Gasteiger partial charge in [-0.1, -0.05) is 26.7 Å². The molecule has 0 N–H and O–H groups in total. The van der Waals surface area contributed by atoms with Gasteiger partial charge in [0, 0.05) is 32.0 Å². The van der Waals surface area contributed by atoms with E-state index in [1.54, 1.807) is 0 Å². The van der Waals surface area contributed by atoms with E-state index < -0.39 is 0 Å². The molecule has 0 radical (unpaired) electrons.